The molecule has 1 unspecified atom stereocenters. The first-order valence-electron chi connectivity index (χ1n) is 7.77. The maximum absolute atomic E-state index is 12.7. The Balaban J connectivity index is 2.17. The molecular formula is C16H21Cl2NO3S. The van der Waals surface area contributed by atoms with Crippen molar-refractivity contribution in [2.24, 2.45) is 0 Å². The van der Waals surface area contributed by atoms with Crippen LogP contribution in [0.1, 0.15) is 31.7 Å². The smallest absolute Gasteiger partial charge is 0.227 e. The fourth-order valence-electron chi connectivity index (χ4n) is 2.81. The number of sulfone groups is 1. The maximum atomic E-state index is 12.7. The minimum absolute atomic E-state index is 0.0543. The summed E-state index contributed by atoms with van der Waals surface area (Å²) in [7, 11) is -3.03. The van der Waals surface area contributed by atoms with Crippen molar-refractivity contribution in [2.75, 3.05) is 18.1 Å². The molecule has 4 nitrogen and oxygen atoms in total. The average Bonchev–Trinajstić information content (AvgIpc) is 2.83. The van der Waals surface area contributed by atoms with Gasteiger partial charge in [-0.3, -0.25) is 4.79 Å². The summed E-state index contributed by atoms with van der Waals surface area (Å²) in [5.74, 6) is 0.0922. The van der Waals surface area contributed by atoms with Crippen LogP contribution >= 0.6 is 23.2 Å². The van der Waals surface area contributed by atoms with Gasteiger partial charge in [0, 0.05) is 22.6 Å². The highest BCUT2D eigenvalue weighted by molar-refractivity contribution is 7.91. The van der Waals surface area contributed by atoms with E-state index in [1.165, 1.54) is 0 Å². The molecule has 0 saturated carbocycles. The zero-order valence-corrected chi connectivity index (χ0v) is 15.4. The molecule has 23 heavy (non-hydrogen) atoms. The van der Waals surface area contributed by atoms with Gasteiger partial charge in [0.05, 0.1) is 17.9 Å². The van der Waals surface area contributed by atoms with Crippen molar-refractivity contribution in [3.63, 3.8) is 0 Å². The van der Waals surface area contributed by atoms with Crippen LogP contribution in [0.25, 0.3) is 0 Å². The Labute approximate surface area is 147 Å². The second kappa shape index (κ2) is 7.86. The third-order valence-corrected chi connectivity index (χ3v) is 6.57. The van der Waals surface area contributed by atoms with Crippen LogP contribution in [0.2, 0.25) is 10.0 Å². The van der Waals surface area contributed by atoms with Crippen molar-refractivity contribution < 1.29 is 13.2 Å². The van der Waals surface area contributed by atoms with Gasteiger partial charge in [0.25, 0.3) is 0 Å². The van der Waals surface area contributed by atoms with Crippen molar-refractivity contribution in [3.8, 4) is 0 Å². The summed E-state index contributed by atoms with van der Waals surface area (Å²) in [5.41, 5.74) is 0.600. The number of halogens is 2. The SMILES string of the molecule is CCCCN(C(=O)Cc1c(Cl)cccc1Cl)C1CCS(=O)(=O)C1. The van der Waals surface area contributed by atoms with Crippen LogP contribution in [0.5, 0.6) is 0 Å². The topological polar surface area (TPSA) is 54.5 Å². The van der Waals surface area contributed by atoms with Gasteiger partial charge in [-0.05, 0) is 30.5 Å². The molecule has 1 atom stereocenters. The molecule has 0 aromatic heterocycles. The molecule has 0 bridgehead atoms. The van der Waals surface area contributed by atoms with E-state index in [2.05, 4.69) is 0 Å². The highest BCUT2D eigenvalue weighted by Crippen LogP contribution is 2.26. The summed E-state index contributed by atoms with van der Waals surface area (Å²) in [6.45, 7) is 2.61. The standard InChI is InChI=1S/C16H21Cl2NO3S/c1-2-3-8-19(12-7-9-23(21,22)11-12)16(20)10-13-14(17)5-4-6-15(13)18/h4-6,12H,2-3,7-11H2,1H3. The normalized spacial score (nSPS) is 19.7. The Morgan fingerprint density at radius 3 is 2.48 bits per heavy atom. The van der Waals surface area contributed by atoms with Crippen molar-refractivity contribution >= 4 is 38.9 Å². The first kappa shape index (κ1) is 18.6. The molecule has 0 aliphatic carbocycles. The fourth-order valence-corrected chi connectivity index (χ4v) is 5.08. The highest BCUT2D eigenvalue weighted by Gasteiger charge is 2.34. The minimum Gasteiger partial charge on any atom is -0.338 e. The molecule has 0 radical (unpaired) electrons. The summed E-state index contributed by atoms with van der Waals surface area (Å²) in [4.78, 5) is 14.4. The Bertz CT molecular complexity index is 656. The number of benzene rings is 1. The molecule has 1 aromatic carbocycles. The van der Waals surface area contributed by atoms with E-state index in [9.17, 15) is 13.2 Å². The lowest BCUT2D eigenvalue weighted by Crippen LogP contribution is -2.42. The molecule has 2 rings (SSSR count). The summed E-state index contributed by atoms with van der Waals surface area (Å²) in [5, 5.41) is 0.917. The third kappa shape index (κ3) is 4.85. The molecule has 1 aliphatic rings. The minimum atomic E-state index is -3.03. The zero-order chi connectivity index (χ0) is 17.0. The van der Waals surface area contributed by atoms with E-state index in [4.69, 9.17) is 23.2 Å². The molecule has 0 N–H and O–H groups in total. The number of nitrogens with zero attached hydrogens (tertiary/aromatic N) is 1. The van der Waals surface area contributed by atoms with Crippen molar-refractivity contribution in [1.29, 1.82) is 0 Å². The quantitative estimate of drug-likeness (QED) is 0.763. The van der Waals surface area contributed by atoms with Crippen molar-refractivity contribution in [3.05, 3.63) is 33.8 Å². The van der Waals surface area contributed by atoms with Crippen molar-refractivity contribution in [2.45, 2.75) is 38.6 Å². The van der Waals surface area contributed by atoms with E-state index < -0.39 is 9.84 Å². The number of amides is 1. The molecular weight excluding hydrogens is 357 g/mol. The second-order valence-corrected chi connectivity index (χ2v) is 8.92. The monoisotopic (exact) mass is 377 g/mol. The molecule has 1 heterocycles. The lowest BCUT2D eigenvalue weighted by atomic mass is 10.1. The predicted octanol–water partition coefficient (Wildman–Crippen LogP) is 3.35. The van der Waals surface area contributed by atoms with Crippen LogP contribution in [-0.4, -0.2) is 43.3 Å². The van der Waals surface area contributed by atoms with Crippen LogP contribution in [0.15, 0.2) is 18.2 Å². The van der Waals surface area contributed by atoms with E-state index in [0.29, 0.717) is 28.6 Å². The number of hydrogen-bond donors (Lipinski definition) is 0. The van der Waals surface area contributed by atoms with Gasteiger partial charge in [-0.25, -0.2) is 8.42 Å². The number of carbonyl (C=O) groups is 1. The summed E-state index contributed by atoms with van der Waals surface area (Å²) in [6.07, 6.45) is 2.39. The number of rotatable bonds is 6. The van der Waals surface area contributed by atoms with Gasteiger partial charge >= 0.3 is 0 Å². The van der Waals surface area contributed by atoms with Crippen LogP contribution in [0, 0.1) is 0 Å². The van der Waals surface area contributed by atoms with Gasteiger partial charge in [0.2, 0.25) is 5.91 Å². The predicted molar refractivity (Wildman–Crippen MR) is 93.8 cm³/mol. The van der Waals surface area contributed by atoms with Crippen LogP contribution < -0.4 is 0 Å². The number of unbranched alkanes of at least 4 members (excludes halogenated alkanes) is 1. The molecule has 1 amide bonds. The second-order valence-electron chi connectivity index (χ2n) is 5.87. The lowest BCUT2D eigenvalue weighted by Gasteiger charge is -2.28. The Hall–Kier alpha value is -0.780. The van der Waals surface area contributed by atoms with E-state index in [0.717, 1.165) is 12.8 Å². The first-order valence-corrected chi connectivity index (χ1v) is 10.3. The van der Waals surface area contributed by atoms with Gasteiger partial charge in [-0.1, -0.05) is 42.6 Å². The largest absolute Gasteiger partial charge is 0.338 e. The fraction of sp³-hybridized carbons (Fsp3) is 0.562. The number of carbonyl (C=O) groups excluding carboxylic acids is 1. The summed E-state index contributed by atoms with van der Waals surface area (Å²) < 4.78 is 23.5. The van der Waals surface area contributed by atoms with Crippen LogP contribution in [-0.2, 0) is 21.1 Å². The van der Waals surface area contributed by atoms with E-state index >= 15 is 0 Å². The molecule has 128 valence electrons. The zero-order valence-electron chi connectivity index (χ0n) is 13.1. The van der Waals surface area contributed by atoms with Gasteiger partial charge in [0.1, 0.15) is 0 Å². The highest BCUT2D eigenvalue weighted by atomic mass is 35.5. The summed E-state index contributed by atoms with van der Waals surface area (Å²) >= 11 is 12.3. The molecule has 7 heteroatoms. The average molecular weight is 378 g/mol. The van der Waals surface area contributed by atoms with Crippen LogP contribution in [0.3, 0.4) is 0 Å². The van der Waals surface area contributed by atoms with E-state index in [1.807, 2.05) is 6.92 Å². The van der Waals surface area contributed by atoms with Gasteiger partial charge in [0.15, 0.2) is 9.84 Å². The lowest BCUT2D eigenvalue weighted by molar-refractivity contribution is -0.132. The molecule has 1 aromatic rings. The Morgan fingerprint density at radius 1 is 1.30 bits per heavy atom. The van der Waals surface area contributed by atoms with Crippen LogP contribution in [0.4, 0.5) is 0 Å². The maximum Gasteiger partial charge on any atom is 0.227 e. The molecule has 1 aliphatic heterocycles. The molecule has 1 fully saturated rings. The Morgan fingerprint density at radius 2 is 1.96 bits per heavy atom. The Kier molecular flexibility index (Phi) is 6.34. The van der Waals surface area contributed by atoms with Gasteiger partial charge in [-0.2, -0.15) is 0 Å². The molecule has 0 spiro atoms. The first-order chi connectivity index (χ1) is 10.8. The number of hydrogen-bond acceptors (Lipinski definition) is 3. The van der Waals surface area contributed by atoms with Gasteiger partial charge in [-0.15, -0.1) is 0 Å². The summed E-state index contributed by atoms with van der Waals surface area (Å²) in [6, 6.07) is 4.90. The van der Waals surface area contributed by atoms with Crippen molar-refractivity contribution in [1.82, 2.24) is 4.90 Å². The molecule has 1 saturated heterocycles. The van der Waals surface area contributed by atoms with E-state index in [-0.39, 0.29) is 29.9 Å². The van der Waals surface area contributed by atoms with E-state index in [1.54, 1.807) is 23.1 Å². The third-order valence-electron chi connectivity index (χ3n) is 4.11. The van der Waals surface area contributed by atoms with Gasteiger partial charge < -0.3 is 4.90 Å².